The summed E-state index contributed by atoms with van der Waals surface area (Å²) in [6.07, 6.45) is 0.748. The van der Waals surface area contributed by atoms with Gasteiger partial charge in [-0.25, -0.2) is 12.8 Å². The van der Waals surface area contributed by atoms with Crippen LogP contribution in [-0.4, -0.2) is 50.9 Å². The van der Waals surface area contributed by atoms with Gasteiger partial charge in [0.05, 0.1) is 29.6 Å². The summed E-state index contributed by atoms with van der Waals surface area (Å²) in [6.45, 7) is 1.18. The van der Waals surface area contributed by atoms with E-state index in [-0.39, 0.29) is 41.6 Å². The van der Waals surface area contributed by atoms with Gasteiger partial charge in [0, 0.05) is 30.3 Å². The van der Waals surface area contributed by atoms with E-state index in [4.69, 9.17) is 32.7 Å². The number of sulfonamides is 1. The maximum Gasteiger partial charge on any atom is 0.216 e. The van der Waals surface area contributed by atoms with Crippen LogP contribution < -0.4 is 0 Å². The van der Waals surface area contributed by atoms with E-state index in [1.54, 1.807) is 0 Å². The van der Waals surface area contributed by atoms with E-state index in [0.717, 1.165) is 12.8 Å². The summed E-state index contributed by atoms with van der Waals surface area (Å²) in [5.41, 5.74) is 0.399. The zero-order valence-corrected chi connectivity index (χ0v) is 15.2. The molecule has 9 heteroatoms. The maximum atomic E-state index is 13.7. The summed E-state index contributed by atoms with van der Waals surface area (Å²) in [5, 5.41) is 0.173. The van der Waals surface area contributed by atoms with Crippen LogP contribution in [0.15, 0.2) is 12.1 Å². The summed E-state index contributed by atoms with van der Waals surface area (Å²) >= 11 is 11.8. The van der Waals surface area contributed by atoms with Crippen LogP contribution in [0.3, 0.4) is 0 Å². The van der Waals surface area contributed by atoms with Crippen LogP contribution in [0, 0.1) is 5.82 Å². The van der Waals surface area contributed by atoms with Crippen LogP contribution in [-0.2, 0) is 19.5 Å². The van der Waals surface area contributed by atoms with E-state index >= 15 is 0 Å². The summed E-state index contributed by atoms with van der Waals surface area (Å²) < 4.78 is 51.3. The lowest BCUT2D eigenvalue weighted by Crippen LogP contribution is -2.44. The first-order valence-corrected chi connectivity index (χ1v) is 10.1. The average Bonchev–Trinajstić information content (AvgIpc) is 3.03. The molecule has 0 spiro atoms. The SMILES string of the molecule is O=S(=O)(CC1CCCO1)N1CCOC(c2cc(F)c(Cl)cc2Cl)C1. The fourth-order valence-corrected chi connectivity index (χ4v) is 5.13. The summed E-state index contributed by atoms with van der Waals surface area (Å²) in [6, 6.07) is 2.50. The first kappa shape index (κ1) is 18.4. The molecule has 1 aromatic carbocycles. The van der Waals surface area contributed by atoms with Crippen molar-refractivity contribution in [3.05, 3.63) is 33.6 Å². The normalized spacial score (nSPS) is 26.0. The van der Waals surface area contributed by atoms with Gasteiger partial charge in [0.2, 0.25) is 10.0 Å². The third-order valence-corrected chi connectivity index (χ3v) is 6.76. The smallest absolute Gasteiger partial charge is 0.216 e. The highest BCUT2D eigenvalue weighted by Crippen LogP contribution is 2.33. The second-order valence-corrected chi connectivity index (χ2v) is 8.75. The summed E-state index contributed by atoms with van der Waals surface area (Å²) in [4.78, 5) is 0. The molecule has 134 valence electrons. The minimum atomic E-state index is -3.47. The highest BCUT2D eigenvalue weighted by atomic mass is 35.5. The Morgan fingerprint density at radius 2 is 2.00 bits per heavy atom. The van der Waals surface area contributed by atoms with Crippen molar-refractivity contribution in [1.82, 2.24) is 4.31 Å². The van der Waals surface area contributed by atoms with E-state index in [2.05, 4.69) is 0 Å². The maximum absolute atomic E-state index is 13.7. The Balaban J connectivity index is 1.75. The molecule has 0 aromatic heterocycles. The molecule has 0 amide bonds. The molecular formula is C15H18Cl2FNO4S. The van der Waals surface area contributed by atoms with Crippen LogP contribution in [0.1, 0.15) is 24.5 Å². The predicted molar refractivity (Wildman–Crippen MR) is 89.4 cm³/mol. The topological polar surface area (TPSA) is 55.8 Å². The highest BCUT2D eigenvalue weighted by molar-refractivity contribution is 7.89. The number of benzene rings is 1. The van der Waals surface area contributed by atoms with Gasteiger partial charge < -0.3 is 9.47 Å². The monoisotopic (exact) mass is 397 g/mol. The van der Waals surface area contributed by atoms with Crippen molar-refractivity contribution in [2.75, 3.05) is 32.1 Å². The van der Waals surface area contributed by atoms with Gasteiger partial charge in [-0.2, -0.15) is 4.31 Å². The zero-order valence-electron chi connectivity index (χ0n) is 12.9. The number of halogens is 3. The van der Waals surface area contributed by atoms with Gasteiger partial charge in [0.15, 0.2) is 0 Å². The van der Waals surface area contributed by atoms with Crippen molar-refractivity contribution < 1.29 is 22.3 Å². The number of rotatable bonds is 4. The molecule has 0 saturated carbocycles. The molecule has 2 aliphatic rings. The second kappa shape index (κ2) is 7.43. The van der Waals surface area contributed by atoms with Crippen molar-refractivity contribution in [1.29, 1.82) is 0 Å². The Hall–Kier alpha value is -0.440. The molecule has 2 heterocycles. The number of morpholine rings is 1. The van der Waals surface area contributed by atoms with Gasteiger partial charge in [0.1, 0.15) is 5.82 Å². The lowest BCUT2D eigenvalue weighted by atomic mass is 10.1. The number of nitrogens with zero attached hydrogens (tertiary/aromatic N) is 1. The molecule has 0 N–H and O–H groups in total. The Kier molecular flexibility index (Phi) is 5.68. The largest absolute Gasteiger partial charge is 0.377 e. The second-order valence-electron chi connectivity index (χ2n) is 5.92. The molecule has 0 aliphatic carbocycles. The average molecular weight is 398 g/mol. The first-order chi connectivity index (χ1) is 11.4. The van der Waals surface area contributed by atoms with Crippen molar-refractivity contribution >= 4 is 33.2 Å². The molecule has 2 unspecified atom stereocenters. The summed E-state index contributed by atoms with van der Waals surface area (Å²) in [7, 11) is -3.47. The Morgan fingerprint density at radius 1 is 1.21 bits per heavy atom. The standard InChI is InChI=1S/C15H18Cl2FNO4S/c16-12-7-13(17)14(18)6-11(12)15-8-19(3-5-23-15)24(20,21)9-10-2-1-4-22-10/h6-7,10,15H,1-5,8-9H2. The van der Waals surface area contributed by atoms with Crippen molar-refractivity contribution in [2.24, 2.45) is 0 Å². The van der Waals surface area contributed by atoms with Crippen LogP contribution in [0.2, 0.25) is 10.0 Å². The molecule has 1 aromatic rings. The molecule has 2 saturated heterocycles. The molecule has 3 rings (SSSR count). The Labute approximate surface area is 150 Å². The third kappa shape index (κ3) is 4.03. The molecule has 2 atom stereocenters. The molecule has 2 aliphatic heterocycles. The number of ether oxygens (including phenoxy) is 2. The quantitative estimate of drug-likeness (QED) is 0.732. The van der Waals surface area contributed by atoms with Gasteiger partial charge in [-0.3, -0.25) is 0 Å². The number of hydrogen-bond acceptors (Lipinski definition) is 4. The molecule has 2 fully saturated rings. The molecule has 24 heavy (non-hydrogen) atoms. The molecule has 5 nitrogen and oxygen atoms in total. The van der Waals surface area contributed by atoms with E-state index < -0.39 is 21.9 Å². The fraction of sp³-hybridized carbons (Fsp3) is 0.600. The van der Waals surface area contributed by atoms with Gasteiger partial charge in [0.25, 0.3) is 0 Å². The Morgan fingerprint density at radius 3 is 2.71 bits per heavy atom. The fourth-order valence-electron chi connectivity index (χ4n) is 2.97. The van der Waals surface area contributed by atoms with E-state index in [1.165, 1.54) is 16.4 Å². The van der Waals surface area contributed by atoms with Gasteiger partial charge in [-0.15, -0.1) is 0 Å². The highest BCUT2D eigenvalue weighted by Gasteiger charge is 2.34. The molecular weight excluding hydrogens is 380 g/mol. The van der Waals surface area contributed by atoms with Crippen LogP contribution in [0.5, 0.6) is 0 Å². The van der Waals surface area contributed by atoms with E-state index in [9.17, 15) is 12.8 Å². The van der Waals surface area contributed by atoms with Gasteiger partial charge in [-0.1, -0.05) is 23.2 Å². The van der Waals surface area contributed by atoms with Crippen molar-refractivity contribution in [3.63, 3.8) is 0 Å². The lowest BCUT2D eigenvalue weighted by Gasteiger charge is -2.33. The van der Waals surface area contributed by atoms with Crippen LogP contribution >= 0.6 is 23.2 Å². The van der Waals surface area contributed by atoms with Crippen molar-refractivity contribution in [2.45, 2.75) is 25.0 Å². The molecule has 0 bridgehead atoms. The minimum Gasteiger partial charge on any atom is -0.377 e. The lowest BCUT2D eigenvalue weighted by molar-refractivity contribution is -0.00303. The molecule has 0 radical (unpaired) electrons. The summed E-state index contributed by atoms with van der Waals surface area (Å²) in [5.74, 6) is -0.651. The van der Waals surface area contributed by atoms with Crippen LogP contribution in [0.4, 0.5) is 4.39 Å². The minimum absolute atomic E-state index is 0.0393. The first-order valence-electron chi connectivity index (χ1n) is 7.72. The zero-order chi connectivity index (χ0) is 17.3. The predicted octanol–water partition coefficient (Wildman–Crippen LogP) is 3.01. The van der Waals surface area contributed by atoms with Gasteiger partial charge >= 0.3 is 0 Å². The van der Waals surface area contributed by atoms with Gasteiger partial charge in [-0.05, 0) is 25.0 Å². The third-order valence-electron chi connectivity index (χ3n) is 4.23. The van der Waals surface area contributed by atoms with E-state index in [1.807, 2.05) is 0 Å². The van der Waals surface area contributed by atoms with Crippen molar-refractivity contribution in [3.8, 4) is 0 Å². The van der Waals surface area contributed by atoms with Crippen LogP contribution in [0.25, 0.3) is 0 Å². The Bertz CT molecular complexity index is 710. The van der Waals surface area contributed by atoms with E-state index in [0.29, 0.717) is 12.2 Å². The number of hydrogen-bond donors (Lipinski definition) is 0.